The highest BCUT2D eigenvalue weighted by atomic mass is 19.1. The number of aryl methyl sites for hydroxylation is 1. The number of methoxy groups -OCH3 is 1. The maximum atomic E-state index is 13.8. The molecule has 0 saturated carbocycles. The average Bonchev–Trinajstić information content (AvgIpc) is 2.93. The number of amides is 1. The number of rotatable bonds is 7. The van der Waals surface area contributed by atoms with Crippen molar-refractivity contribution in [2.45, 2.75) is 45.6 Å². The molecule has 5 rings (SSSR count). The minimum absolute atomic E-state index is 0.0282. The Bertz CT molecular complexity index is 1490. The first-order chi connectivity index (χ1) is 18.9. The van der Waals surface area contributed by atoms with E-state index in [0.29, 0.717) is 40.6 Å². The number of benzene rings is 2. The van der Waals surface area contributed by atoms with Crippen molar-refractivity contribution in [1.29, 1.82) is 0 Å². The zero-order valence-electron chi connectivity index (χ0n) is 22.1. The number of nitrogens with zero attached hydrogens (tertiary/aromatic N) is 1. The van der Waals surface area contributed by atoms with Gasteiger partial charge in [0.15, 0.2) is 5.78 Å². The van der Waals surface area contributed by atoms with E-state index in [2.05, 4.69) is 15.6 Å². The summed E-state index contributed by atoms with van der Waals surface area (Å²) in [6, 6.07) is 15.1. The fourth-order valence-corrected chi connectivity index (χ4v) is 5.19. The van der Waals surface area contributed by atoms with Gasteiger partial charge in [0.2, 0.25) is 0 Å². The molecule has 2 aliphatic rings. The second-order valence-electron chi connectivity index (χ2n) is 9.70. The van der Waals surface area contributed by atoms with Gasteiger partial charge in [-0.25, -0.2) is 9.37 Å². The zero-order valence-corrected chi connectivity index (χ0v) is 22.1. The molecular formula is C31H30FN3O4. The van der Waals surface area contributed by atoms with Crippen LogP contribution in [0.3, 0.4) is 0 Å². The largest absolute Gasteiger partial charge is 0.496 e. The molecular weight excluding hydrogens is 497 g/mol. The van der Waals surface area contributed by atoms with Gasteiger partial charge in [0.25, 0.3) is 5.91 Å². The molecule has 0 unspecified atom stereocenters. The molecule has 1 amide bonds. The van der Waals surface area contributed by atoms with E-state index in [9.17, 15) is 14.0 Å². The number of carbonyl (C=O) groups excluding carboxylic acids is 2. The number of allylic oxidation sites excluding steroid dienone is 3. The molecule has 1 aliphatic carbocycles. The van der Waals surface area contributed by atoms with E-state index in [-0.39, 0.29) is 24.1 Å². The Morgan fingerprint density at radius 2 is 1.92 bits per heavy atom. The predicted octanol–water partition coefficient (Wildman–Crippen LogP) is 5.72. The van der Waals surface area contributed by atoms with Gasteiger partial charge in [0, 0.05) is 46.6 Å². The highest BCUT2D eigenvalue weighted by Gasteiger charge is 2.38. The van der Waals surface area contributed by atoms with Gasteiger partial charge in [-0.2, -0.15) is 0 Å². The number of ketones is 1. The molecule has 0 spiro atoms. The highest BCUT2D eigenvalue weighted by molar-refractivity contribution is 6.09. The lowest BCUT2D eigenvalue weighted by Gasteiger charge is -2.34. The van der Waals surface area contributed by atoms with Gasteiger partial charge in [-0.1, -0.05) is 12.1 Å². The minimum atomic E-state index is -0.575. The fourth-order valence-electron chi connectivity index (χ4n) is 5.19. The van der Waals surface area contributed by atoms with Crippen molar-refractivity contribution in [3.8, 4) is 11.5 Å². The van der Waals surface area contributed by atoms with E-state index in [1.807, 2.05) is 44.2 Å². The number of nitrogens with one attached hydrogen (secondary N) is 2. The van der Waals surface area contributed by atoms with E-state index >= 15 is 0 Å². The minimum Gasteiger partial charge on any atom is -0.496 e. The third kappa shape index (κ3) is 5.41. The van der Waals surface area contributed by atoms with Crippen molar-refractivity contribution >= 4 is 17.5 Å². The summed E-state index contributed by atoms with van der Waals surface area (Å²) in [4.78, 5) is 31.4. The monoisotopic (exact) mass is 527 g/mol. The van der Waals surface area contributed by atoms with Gasteiger partial charge < -0.3 is 20.1 Å². The summed E-state index contributed by atoms with van der Waals surface area (Å²) in [5.41, 5.74) is 4.98. The predicted molar refractivity (Wildman–Crippen MR) is 146 cm³/mol. The molecule has 200 valence electrons. The normalized spacial score (nSPS) is 16.9. The number of dihydropyridines is 1. The molecule has 3 aromatic rings. The molecule has 1 aromatic heterocycles. The number of hydrogen-bond acceptors (Lipinski definition) is 6. The quantitative estimate of drug-likeness (QED) is 0.408. The number of ether oxygens (including phenoxy) is 2. The highest BCUT2D eigenvalue weighted by Crippen LogP contribution is 2.43. The van der Waals surface area contributed by atoms with E-state index < -0.39 is 5.92 Å². The molecule has 1 atom stereocenters. The molecule has 1 aliphatic heterocycles. The van der Waals surface area contributed by atoms with E-state index in [4.69, 9.17) is 9.47 Å². The Balaban J connectivity index is 1.55. The van der Waals surface area contributed by atoms with Gasteiger partial charge in [-0.15, -0.1) is 0 Å². The SMILES string of the molecule is COc1ccc([C@@H]2C(C(=O)Nc3ncccc3C)=C(C)NC3=C2C(=O)CCC3)cc1COc1ccc(F)cc1. The van der Waals surface area contributed by atoms with Crippen molar-refractivity contribution in [3.63, 3.8) is 0 Å². The number of anilines is 1. The van der Waals surface area contributed by atoms with Crippen LogP contribution in [0.4, 0.5) is 10.2 Å². The van der Waals surface area contributed by atoms with E-state index in [1.165, 1.54) is 12.1 Å². The maximum Gasteiger partial charge on any atom is 0.255 e. The van der Waals surface area contributed by atoms with Crippen LogP contribution in [0.25, 0.3) is 0 Å². The lowest BCUT2D eigenvalue weighted by atomic mass is 9.74. The molecule has 2 heterocycles. The topological polar surface area (TPSA) is 89.5 Å². The van der Waals surface area contributed by atoms with E-state index in [0.717, 1.165) is 35.2 Å². The molecule has 0 radical (unpaired) electrons. The summed E-state index contributed by atoms with van der Waals surface area (Å²) < 4.78 is 24.8. The molecule has 2 N–H and O–H groups in total. The first kappa shape index (κ1) is 26.2. The second kappa shape index (κ2) is 11.1. The summed E-state index contributed by atoms with van der Waals surface area (Å²) in [6.45, 7) is 3.89. The van der Waals surface area contributed by atoms with Crippen molar-refractivity contribution in [2.75, 3.05) is 12.4 Å². The van der Waals surface area contributed by atoms with Gasteiger partial charge in [0.05, 0.1) is 7.11 Å². The van der Waals surface area contributed by atoms with Crippen LogP contribution in [0.1, 0.15) is 48.8 Å². The lowest BCUT2D eigenvalue weighted by molar-refractivity contribution is -0.116. The molecule has 7 nitrogen and oxygen atoms in total. The number of carbonyl (C=O) groups is 2. The summed E-state index contributed by atoms with van der Waals surface area (Å²) in [5, 5.41) is 6.29. The van der Waals surface area contributed by atoms with Gasteiger partial charge in [-0.05, 0) is 80.3 Å². The molecule has 39 heavy (non-hydrogen) atoms. The summed E-state index contributed by atoms with van der Waals surface area (Å²) >= 11 is 0. The first-order valence-electron chi connectivity index (χ1n) is 12.9. The zero-order chi connectivity index (χ0) is 27.5. The number of halogens is 1. The van der Waals surface area contributed by atoms with Crippen LogP contribution in [0.2, 0.25) is 0 Å². The average molecular weight is 528 g/mol. The van der Waals surface area contributed by atoms with Crippen LogP contribution >= 0.6 is 0 Å². The van der Waals surface area contributed by atoms with Crippen molar-refractivity contribution in [1.82, 2.24) is 10.3 Å². The number of hydrogen-bond donors (Lipinski definition) is 2. The molecule has 2 aromatic carbocycles. The Morgan fingerprint density at radius 1 is 1.13 bits per heavy atom. The Morgan fingerprint density at radius 3 is 2.67 bits per heavy atom. The van der Waals surface area contributed by atoms with Crippen LogP contribution in [-0.2, 0) is 16.2 Å². The fraction of sp³-hybridized carbons (Fsp3) is 0.258. The molecule has 8 heteroatoms. The standard InChI is InChI=1S/C31H30FN3O4/c1-18-6-5-15-33-30(18)35-31(37)27-19(2)34-24-7-4-8-25(36)29(24)28(27)20-9-14-26(38-3)21(16-20)17-39-23-12-10-22(32)11-13-23/h5-6,9-16,28,34H,4,7-8,17H2,1-3H3,(H,33,35,37)/t28-/m1/s1. The van der Waals surface area contributed by atoms with Gasteiger partial charge in [-0.3, -0.25) is 9.59 Å². The Kier molecular flexibility index (Phi) is 7.45. The third-order valence-corrected chi connectivity index (χ3v) is 7.11. The van der Waals surface area contributed by atoms with Gasteiger partial charge in [0.1, 0.15) is 29.7 Å². The number of pyridine rings is 1. The first-order valence-corrected chi connectivity index (χ1v) is 12.9. The number of Topliss-reactive ketones (excluding diaryl/α,β-unsaturated/α-hetero) is 1. The summed E-state index contributed by atoms with van der Waals surface area (Å²) in [7, 11) is 1.57. The summed E-state index contributed by atoms with van der Waals surface area (Å²) in [6.07, 6.45) is 3.56. The van der Waals surface area contributed by atoms with Crippen LogP contribution in [0, 0.1) is 12.7 Å². The van der Waals surface area contributed by atoms with Crippen LogP contribution < -0.4 is 20.1 Å². The van der Waals surface area contributed by atoms with Crippen LogP contribution in [0.15, 0.2) is 83.3 Å². The Hall–Kier alpha value is -4.46. The second-order valence-corrected chi connectivity index (χ2v) is 9.70. The smallest absolute Gasteiger partial charge is 0.255 e. The van der Waals surface area contributed by atoms with Crippen LogP contribution in [-0.4, -0.2) is 23.8 Å². The van der Waals surface area contributed by atoms with Crippen molar-refractivity contribution in [3.05, 3.63) is 106 Å². The molecule has 0 bridgehead atoms. The number of aromatic nitrogens is 1. The molecule has 0 saturated heterocycles. The maximum absolute atomic E-state index is 13.8. The Labute approximate surface area is 226 Å². The van der Waals surface area contributed by atoms with Crippen molar-refractivity contribution < 1.29 is 23.5 Å². The molecule has 0 fully saturated rings. The lowest BCUT2D eigenvalue weighted by Crippen LogP contribution is -2.35. The van der Waals surface area contributed by atoms with Crippen LogP contribution in [0.5, 0.6) is 11.5 Å². The third-order valence-electron chi connectivity index (χ3n) is 7.11. The summed E-state index contributed by atoms with van der Waals surface area (Å²) in [5.74, 6) is 0.377. The van der Waals surface area contributed by atoms with Crippen molar-refractivity contribution in [2.24, 2.45) is 0 Å². The van der Waals surface area contributed by atoms with Gasteiger partial charge >= 0.3 is 0 Å². The van der Waals surface area contributed by atoms with E-state index in [1.54, 1.807) is 25.4 Å².